The molecule has 8 heteroatoms. The van der Waals surface area contributed by atoms with Crippen LogP contribution in [0.15, 0.2) is 86.0 Å². The van der Waals surface area contributed by atoms with E-state index in [4.69, 9.17) is 43.4 Å². The van der Waals surface area contributed by atoms with E-state index in [-0.39, 0.29) is 0 Å². The van der Waals surface area contributed by atoms with Crippen LogP contribution < -0.4 is 18.9 Å². The Bertz CT molecular complexity index is 1800. The van der Waals surface area contributed by atoms with E-state index in [1.807, 2.05) is 50.1 Å². The summed E-state index contributed by atoms with van der Waals surface area (Å²) in [4.78, 5) is 5.31. The number of hydrogen-bond acceptors (Lipinski definition) is 6. The molecule has 4 aromatic carbocycles. The highest BCUT2D eigenvalue weighted by Crippen LogP contribution is 2.40. The van der Waals surface area contributed by atoms with Gasteiger partial charge in [0, 0.05) is 53.9 Å². The van der Waals surface area contributed by atoms with Gasteiger partial charge in [0.05, 0.1) is 13.2 Å². The van der Waals surface area contributed by atoms with Crippen LogP contribution in [0.25, 0.3) is 0 Å². The molecule has 0 unspecified atom stereocenters. The summed E-state index contributed by atoms with van der Waals surface area (Å²) in [6.07, 6.45) is 9.59. The number of ether oxygens (including phenoxy) is 4. The van der Waals surface area contributed by atoms with Gasteiger partial charge in [-0.05, 0) is 81.3 Å². The molecule has 1 aliphatic carbocycles. The van der Waals surface area contributed by atoms with Crippen LogP contribution in [0, 0.1) is 0 Å². The second-order valence-electron chi connectivity index (χ2n) is 14.8. The van der Waals surface area contributed by atoms with Crippen molar-refractivity contribution in [2.75, 3.05) is 54.6 Å². The second-order valence-corrected chi connectivity index (χ2v) is 15.8. The third kappa shape index (κ3) is 10.8. The molecule has 0 fully saturated rings. The minimum atomic E-state index is 0.295. The molecule has 0 saturated carbocycles. The smallest absolute Gasteiger partial charge is 0.138 e. The number of thiocarbonyl (C=S) groups is 2. The number of hydrogen-bond donors (Lipinski definition) is 0. The number of nitrogens with zero attached hydrogens (tertiary/aromatic N) is 2. The number of likely N-dealkylation sites (N-methyl/N-ethyl adjacent to an activating group) is 2. The zero-order chi connectivity index (χ0) is 40.2. The van der Waals surface area contributed by atoms with Gasteiger partial charge in [-0.2, -0.15) is 0 Å². The molecule has 0 saturated heterocycles. The van der Waals surface area contributed by atoms with Gasteiger partial charge in [0.25, 0.3) is 0 Å². The lowest BCUT2D eigenvalue weighted by Crippen LogP contribution is -2.26. The van der Waals surface area contributed by atoms with Crippen LogP contribution in [-0.4, -0.2) is 74.4 Å². The molecular weight excluding hydrogens is 733 g/mol. The van der Waals surface area contributed by atoms with Gasteiger partial charge in [-0.1, -0.05) is 111 Å². The Labute approximate surface area is 346 Å². The predicted octanol–water partition coefficient (Wildman–Crippen LogP) is 9.93. The Morgan fingerprint density at radius 3 is 1.11 bits per heavy atom. The zero-order valence-corrected chi connectivity index (χ0v) is 35.8. The molecule has 0 spiro atoms. The van der Waals surface area contributed by atoms with Crippen molar-refractivity contribution in [3.05, 3.63) is 142 Å². The standard InChI is InChI=1S/C48H58N2O4S2/c1-9-15-33-23-39-27-35-17-13-19-37(45(35)51-21-11-3)29-41-25-34(16-10-2)26-42(48(41)54-32-44(56)50(7)8)30-38-20-14-18-36(46(38)52-22-12-4)28-40(24-33)47(39)53-31-43(55)49(5)6/h9-10,13-14,17-20,23-26H,1-2,11-12,15-16,21-22,27-32H2,3-8H3. The van der Waals surface area contributed by atoms with E-state index in [9.17, 15) is 0 Å². The largest absolute Gasteiger partial charge is 0.493 e. The van der Waals surface area contributed by atoms with Crippen LogP contribution in [0.5, 0.6) is 23.0 Å². The van der Waals surface area contributed by atoms with Gasteiger partial charge in [-0.3, -0.25) is 0 Å². The molecule has 6 nitrogen and oxygen atoms in total. The van der Waals surface area contributed by atoms with Crippen LogP contribution in [0.4, 0.5) is 0 Å². The molecule has 1 aliphatic rings. The molecule has 0 amide bonds. The summed E-state index contributed by atoms with van der Waals surface area (Å²) >= 11 is 11.5. The Morgan fingerprint density at radius 1 is 0.536 bits per heavy atom. The van der Waals surface area contributed by atoms with Gasteiger partial charge >= 0.3 is 0 Å². The molecule has 0 N–H and O–H groups in total. The Kier molecular flexibility index (Phi) is 15.5. The van der Waals surface area contributed by atoms with Crippen molar-refractivity contribution in [2.45, 2.75) is 65.2 Å². The van der Waals surface area contributed by atoms with E-state index in [2.05, 4.69) is 87.7 Å². The van der Waals surface area contributed by atoms with Gasteiger partial charge in [0.2, 0.25) is 0 Å². The molecule has 8 bridgehead atoms. The highest BCUT2D eigenvalue weighted by atomic mass is 32.1. The van der Waals surface area contributed by atoms with Crippen LogP contribution in [0.3, 0.4) is 0 Å². The second kappa shape index (κ2) is 20.5. The average Bonchev–Trinajstić information content (AvgIpc) is 3.16. The summed E-state index contributed by atoms with van der Waals surface area (Å²) < 4.78 is 27.0. The molecule has 0 atom stereocenters. The zero-order valence-electron chi connectivity index (χ0n) is 34.2. The Balaban J connectivity index is 1.83. The molecule has 0 heterocycles. The fourth-order valence-electron chi connectivity index (χ4n) is 7.08. The van der Waals surface area contributed by atoms with Gasteiger partial charge < -0.3 is 28.7 Å². The summed E-state index contributed by atoms with van der Waals surface area (Å²) in [7, 11) is 7.83. The summed E-state index contributed by atoms with van der Waals surface area (Å²) in [6, 6.07) is 22.0. The molecule has 56 heavy (non-hydrogen) atoms. The lowest BCUT2D eigenvalue weighted by atomic mass is 9.89. The monoisotopic (exact) mass is 790 g/mol. The number of fused-ring (bicyclic) bond motifs is 8. The lowest BCUT2D eigenvalue weighted by molar-refractivity contribution is 0.310. The van der Waals surface area contributed by atoms with E-state index >= 15 is 0 Å². The summed E-state index contributed by atoms with van der Waals surface area (Å²) in [6.45, 7) is 14.3. The number of allylic oxidation sites excluding steroid dienone is 2. The quantitative estimate of drug-likeness (QED) is 0.0724. The molecule has 0 aromatic heterocycles. The van der Waals surface area contributed by atoms with Crippen molar-refractivity contribution in [2.24, 2.45) is 0 Å². The first-order chi connectivity index (χ1) is 27.1. The number of benzene rings is 4. The molecule has 0 radical (unpaired) electrons. The maximum Gasteiger partial charge on any atom is 0.138 e. The highest BCUT2D eigenvalue weighted by Gasteiger charge is 2.23. The maximum atomic E-state index is 6.78. The summed E-state index contributed by atoms with van der Waals surface area (Å²) in [5.74, 6) is 3.50. The van der Waals surface area contributed by atoms with Crippen LogP contribution in [-0.2, 0) is 38.5 Å². The highest BCUT2D eigenvalue weighted by molar-refractivity contribution is 7.80. The maximum absolute atomic E-state index is 6.78. The fourth-order valence-corrected chi connectivity index (χ4v) is 7.19. The van der Waals surface area contributed by atoms with Crippen molar-refractivity contribution < 1.29 is 18.9 Å². The minimum Gasteiger partial charge on any atom is -0.493 e. The van der Waals surface area contributed by atoms with Crippen molar-refractivity contribution >= 4 is 34.4 Å². The third-order valence-electron chi connectivity index (χ3n) is 9.82. The molecule has 0 aliphatic heterocycles. The lowest BCUT2D eigenvalue weighted by Gasteiger charge is -2.24. The molecule has 5 rings (SSSR count). The molecule has 4 aromatic rings. The number of para-hydroxylation sites is 2. The van der Waals surface area contributed by atoms with Crippen molar-refractivity contribution in [3.8, 4) is 23.0 Å². The van der Waals surface area contributed by atoms with E-state index in [0.29, 0.717) is 52.1 Å². The van der Waals surface area contributed by atoms with Gasteiger partial charge in [0.1, 0.15) is 46.2 Å². The first kappa shape index (κ1) is 42.5. The van der Waals surface area contributed by atoms with Crippen molar-refractivity contribution in [1.82, 2.24) is 9.80 Å². The normalized spacial score (nSPS) is 12.0. The molecular formula is C48H58N2O4S2. The van der Waals surface area contributed by atoms with Crippen LogP contribution >= 0.6 is 24.4 Å². The van der Waals surface area contributed by atoms with Crippen molar-refractivity contribution in [3.63, 3.8) is 0 Å². The third-order valence-corrected chi connectivity index (χ3v) is 10.8. The Hall–Kier alpha value is -4.66. The predicted molar refractivity (Wildman–Crippen MR) is 240 cm³/mol. The summed E-state index contributed by atoms with van der Waals surface area (Å²) in [5.41, 5.74) is 11.0. The van der Waals surface area contributed by atoms with E-state index < -0.39 is 0 Å². The number of rotatable bonds is 16. The Morgan fingerprint density at radius 2 is 0.839 bits per heavy atom. The van der Waals surface area contributed by atoms with Crippen LogP contribution in [0.2, 0.25) is 0 Å². The first-order valence-corrected chi connectivity index (χ1v) is 20.5. The van der Waals surface area contributed by atoms with Crippen molar-refractivity contribution in [1.29, 1.82) is 0 Å². The van der Waals surface area contributed by atoms with Gasteiger partial charge in [-0.25, -0.2) is 0 Å². The fraction of sp³-hybridized carbons (Fsp3) is 0.375. The minimum absolute atomic E-state index is 0.295. The van der Waals surface area contributed by atoms with Crippen LogP contribution in [0.1, 0.15) is 82.3 Å². The average molecular weight is 791 g/mol. The first-order valence-electron chi connectivity index (χ1n) is 19.7. The SMILES string of the molecule is C=CCc1cc2c(OCC(=S)N(C)C)c(c1)Cc1cccc(c1OCCC)Cc1cc(CC=C)cc(c1OCC(=S)N(C)C)Cc1cccc(c1OCCC)C2. The summed E-state index contributed by atoms with van der Waals surface area (Å²) in [5, 5.41) is 0. The van der Waals surface area contributed by atoms with E-state index in [1.165, 1.54) is 11.1 Å². The topological polar surface area (TPSA) is 43.4 Å². The van der Waals surface area contributed by atoms with Gasteiger partial charge in [0.15, 0.2) is 0 Å². The van der Waals surface area contributed by atoms with E-state index in [0.717, 1.165) is 103 Å². The van der Waals surface area contributed by atoms with Gasteiger partial charge in [-0.15, -0.1) is 13.2 Å². The molecule has 296 valence electrons. The van der Waals surface area contributed by atoms with E-state index in [1.54, 1.807) is 0 Å².